The van der Waals surface area contributed by atoms with E-state index in [9.17, 15) is 4.79 Å². The standard InChI is InChI=1S/C19H24N6O2/c1-3-18(27-2)6-7-25(12-18)16(26)14-8-22-17(23-9-14)24-19(4-5-19)15-10-20-13-21-11-15/h8-11,13H,3-7,12H2,1-2H3,(H,22,23,24). The van der Waals surface area contributed by atoms with Crippen molar-refractivity contribution in [2.45, 2.75) is 43.7 Å². The number of anilines is 1. The summed E-state index contributed by atoms with van der Waals surface area (Å²) in [7, 11) is 1.71. The number of ether oxygens (including phenoxy) is 1. The highest BCUT2D eigenvalue weighted by atomic mass is 16.5. The van der Waals surface area contributed by atoms with Gasteiger partial charge in [-0.1, -0.05) is 6.92 Å². The van der Waals surface area contributed by atoms with E-state index in [2.05, 4.69) is 32.2 Å². The van der Waals surface area contributed by atoms with Gasteiger partial charge in [0.05, 0.1) is 23.2 Å². The molecular formula is C19H24N6O2. The molecule has 1 aliphatic heterocycles. The zero-order valence-electron chi connectivity index (χ0n) is 15.7. The number of likely N-dealkylation sites (tertiary alicyclic amines) is 1. The van der Waals surface area contributed by atoms with Crippen LogP contribution in [-0.4, -0.2) is 56.5 Å². The van der Waals surface area contributed by atoms with Crippen molar-refractivity contribution >= 4 is 11.9 Å². The quantitative estimate of drug-likeness (QED) is 0.833. The van der Waals surface area contributed by atoms with E-state index in [1.54, 1.807) is 19.5 Å². The summed E-state index contributed by atoms with van der Waals surface area (Å²) < 4.78 is 5.64. The van der Waals surface area contributed by atoms with Crippen LogP contribution in [-0.2, 0) is 10.3 Å². The Morgan fingerprint density at radius 3 is 2.44 bits per heavy atom. The van der Waals surface area contributed by atoms with E-state index in [0.29, 0.717) is 24.6 Å². The lowest BCUT2D eigenvalue weighted by Crippen LogP contribution is -2.37. The number of amides is 1. The van der Waals surface area contributed by atoms with E-state index in [4.69, 9.17) is 4.74 Å². The summed E-state index contributed by atoms with van der Waals surface area (Å²) in [6.07, 6.45) is 12.0. The number of nitrogens with zero attached hydrogens (tertiary/aromatic N) is 5. The maximum Gasteiger partial charge on any atom is 0.257 e. The molecule has 8 heteroatoms. The lowest BCUT2D eigenvalue weighted by Gasteiger charge is -2.26. The van der Waals surface area contributed by atoms with E-state index in [1.807, 2.05) is 17.3 Å². The van der Waals surface area contributed by atoms with Crippen molar-refractivity contribution in [1.29, 1.82) is 0 Å². The first-order valence-electron chi connectivity index (χ1n) is 9.30. The highest BCUT2D eigenvalue weighted by Crippen LogP contribution is 2.47. The van der Waals surface area contributed by atoms with Gasteiger partial charge in [0, 0.05) is 44.0 Å². The van der Waals surface area contributed by atoms with Crippen LogP contribution in [0.3, 0.4) is 0 Å². The number of hydrogen-bond acceptors (Lipinski definition) is 7. The number of carbonyl (C=O) groups is 1. The largest absolute Gasteiger partial charge is 0.376 e. The Kier molecular flexibility index (Phi) is 4.51. The topological polar surface area (TPSA) is 93.1 Å². The molecule has 0 aromatic carbocycles. The number of rotatable bonds is 6. The maximum atomic E-state index is 12.8. The van der Waals surface area contributed by atoms with Crippen molar-refractivity contribution in [1.82, 2.24) is 24.8 Å². The summed E-state index contributed by atoms with van der Waals surface area (Å²) >= 11 is 0. The smallest absolute Gasteiger partial charge is 0.257 e. The molecular weight excluding hydrogens is 344 g/mol. The summed E-state index contributed by atoms with van der Waals surface area (Å²) in [6.45, 7) is 3.39. The van der Waals surface area contributed by atoms with Gasteiger partial charge in [-0.25, -0.2) is 19.9 Å². The Balaban J connectivity index is 1.43. The van der Waals surface area contributed by atoms with Gasteiger partial charge in [-0.3, -0.25) is 4.79 Å². The molecule has 1 unspecified atom stereocenters. The molecule has 1 aliphatic carbocycles. The fraction of sp³-hybridized carbons (Fsp3) is 0.526. The number of nitrogens with one attached hydrogen (secondary N) is 1. The van der Waals surface area contributed by atoms with Crippen molar-refractivity contribution in [3.8, 4) is 0 Å². The van der Waals surface area contributed by atoms with E-state index in [0.717, 1.165) is 31.2 Å². The fourth-order valence-corrected chi connectivity index (χ4v) is 3.67. The summed E-state index contributed by atoms with van der Waals surface area (Å²) in [4.78, 5) is 31.5. The third-order valence-corrected chi connectivity index (χ3v) is 5.79. The molecule has 1 amide bonds. The Bertz CT molecular complexity index is 803. The minimum Gasteiger partial charge on any atom is -0.376 e. The normalized spacial score (nSPS) is 23.3. The van der Waals surface area contributed by atoms with Gasteiger partial charge in [-0.2, -0.15) is 0 Å². The van der Waals surface area contributed by atoms with Gasteiger partial charge in [0.25, 0.3) is 5.91 Å². The molecule has 1 N–H and O–H groups in total. The first kappa shape index (κ1) is 17.8. The van der Waals surface area contributed by atoms with Gasteiger partial charge < -0.3 is 15.0 Å². The number of carbonyl (C=O) groups excluding carboxylic acids is 1. The second-order valence-corrected chi connectivity index (χ2v) is 7.35. The lowest BCUT2D eigenvalue weighted by molar-refractivity contribution is -0.00381. The van der Waals surface area contributed by atoms with Crippen LogP contribution < -0.4 is 5.32 Å². The Morgan fingerprint density at radius 2 is 1.89 bits per heavy atom. The number of aromatic nitrogens is 4. The minimum atomic E-state index is -0.228. The first-order valence-corrected chi connectivity index (χ1v) is 9.30. The maximum absolute atomic E-state index is 12.8. The summed E-state index contributed by atoms with van der Waals surface area (Å²) in [6, 6.07) is 0. The average molecular weight is 368 g/mol. The van der Waals surface area contributed by atoms with Crippen LogP contribution in [0.5, 0.6) is 0 Å². The summed E-state index contributed by atoms with van der Waals surface area (Å²) in [5, 5.41) is 3.37. The molecule has 3 heterocycles. The van der Waals surface area contributed by atoms with Gasteiger partial charge in [0.15, 0.2) is 0 Å². The van der Waals surface area contributed by atoms with Crippen LogP contribution >= 0.6 is 0 Å². The molecule has 27 heavy (non-hydrogen) atoms. The average Bonchev–Trinajstić information content (AvgIpc) is 3.38. The predicted octanol–water partition coefficient (Wildman–Crippen LogP) is 2.01. The zero-order chi connectivity index (χ0) is 18.9. The van der Waals surface area contributed by atoms with Crippen molar-refractivity contribution in [2.24, 2.45) is 0 Å². The molecule has 0 spiro atoms. The van der Waals surface area contributed by atoms with E-state index >= 15 is 0 Å². The van der Waals surface area contributed by atoms with Gasteiger partial charge in [0.2, 0.25) is 5.95 Å². The highest BCUT2D eigenvalue weighted by Gasteiger charge is 2.45. The molecule has 0 radical (unpaired) electrons. The lowest BCUT2D eigenvalue weighted by atomic mass is 10.00. The molecule has 142 valence electrons. The predicted molar refractivity (Wildman–Crippen MR) is 99.2 cm³/mol. The number of methoxy groups -OCH3 is 1. The minimum absolute atomic E-state index is 0.0495. The first-order chi connectivity index (χ1) is 13.1. The molecule has 8 nitrogen and oxygen atoms in total. The Morgan fingerprint density at radius 1 is 1.19 bits per heavy atom. The van der Waals surface area contributed by atoms with Gasteiger partial charge in [0.1, 0.15) is 6.33 Å². The molecule has 2 aromatic rings. The fourth-order valence-electron chi connectivity index (χ4n) is 3.67. The van der Waals surface area contributed by atoms with Crippen molar-refractivity contribution < 1.29 is 9.53 Å². The Hall–Kier alpha value is -2.61. The van der Waals surface area contributed by atoms with Gasteiger partial charge in [-0.05, 0) is 25.7 Å². The van der Waals surface area contributed by atoms with Crippen molar-refractivity contribution in [2.75, 3.05) is 25.5 Å². The molecule has 0 bridgehead atoms. The van der Waals surface area contributed by atoms with Crippen LogP contribution in [0.1, 0.15) is 48.5 Å². The van der Waals surface area contributed by atoms with Gasteiger partial charge >= 0.3 is 0 Å². The third kappa shape index (κ3) is 3.37. The van der Waals surface area contributed by atoms with Gasteiger partial charge in [-0.15, -0.1) is 0 Å². The van der Waals surface area contributed by atoms with Crippen LogP contribution in [0, 0.1) is 0 Å². The molecule has 1 saturated carbocycles. The second kappa shape index (κ2) is 6.84. The van der Waals surface area contributed by atoms with E-state index < -0.39 is 0 Å². The molecule has 4 rings (SSSR count). The van der Waals surface area contributed by atoms with Crippen LogP contribution in [0.15, 0.2) is 31.1 Å². The summed E-state index contributed by atoms with van der Waals surface area (Å²) in [5.41, 5.74) is 1.10. The highest BCUT2D eigenvalue weighted by molar-refractivity contribution is 5.94. The molecule has 2 aliphatic rings. The van der Waals surface area contributed by atoms with Crippen LogP contribution in [0.25, 0.3) is 0 Å². The molecule has 1 atom stereocenters. The van der Waals surface area contributed by atoms with Crippen LogP contribution in [0.4, 0.5) is 5.95 Å². The van der Waals surface area contributed by atoms with E-state index in [-0.39, 0.29) is 17.0 Å². The van der Waals surface area contributed by atoms with Crippen LogP contribution in [0.2, 0.25) is 0 Å². The molecule has 2 fully saturated rings. The number of hydrogen-bond donors (Lipinski definition) is 1. The van der Waals surface area contributed by atoms with E-state index in [1.165, 1.54) is 6.33 Å². The Labute approximate surface area is 158 Å². The van der Waals surface area contributed by atoms with Crippen molar-refractivity contribution in [3.63, 3.8) is 0 Å². The zero-order valence-corrected chi connectivity index (χ0v) is 15.7. The summed E-state index contributed by atoms with van der Waals surface area (Å²) in [5.74, 6) is 0.459. The monoisotopic (exact) mass is 368 g/mol. The second-order valence-electron chi connectivity index (χ2n) is 7.35. The third-order valence-electron chi connectivity index (χ3n) is 5.79. The SMILES string of the molecule is CCC1(OC)CCN(C(=O)c2cnc(NC3(c4cncnc4)CC3)nc2)C1. The van der Waals surface area contributed by atoms with Crippen molar-refractivity contribution in [3.05, 3.63) is 42.2 Å². The molecule has 1 saturated heterocycles. The molecule has 2 aromatic heterocycles.